The Morgan fingerprint density at radius 2 is 1.65 bits per heavy atom. The first-order valence-electron chi connectivity index (χ1n) is 11.9. The molecule has 1 N–H and O–H groups in total. The van der Waals surface area contributed by atoms with E-state index in [-0.39, 0.29) is 30.0 Å². The quantitative estimate of drug-likeness (QED) is 0.459. The van der Waals surface area contributed by atoms with Crippen LogP contribution in [0.1, 0.15) is 86.5 Å². The largest absolute Gasteiger partial charge is 0.461 e. The van der Waals surface area contributed by atoms with E-state index in [1.165, 1.54) is 26.2 Å². The molecule has 5 nitrogen and oxygen atoms in total. The number of esters is 2. The van der Waals surface area contributed by atoms with Gasteiger partial charge in [0.2, 0.25) is 0 Å². The van der Waals surface area contributed by atoms with Crippen LogP contribution in [0.15, 0.2) is 0 Å². The lowest BCUT2D eigenvalue weighted by molar-refractivity contribution is -0.192. The van der Waals surface area contributed by atoms with Crippen LogP contribution in [0.5, 0.6) is 0 Å². The number of hydrogen-bond donors (Lipinski definition) is 1. The minimum Gasteiger partial charge on any atom is -0.461 e. The van der Waals surface area contributed by atoms with Crippen molar-refractivity contribution in [3.05, 3.63) is 0 Å². The Balaban J connectivity index is 1.86. The van der Waals surface area contributed by atoms with E-state index >= 15 is 0 Å². The molecule has 0 aromatic carbocycles. The number of fused-ring (bicyclic) bond motifs is 3. The summed E-state index contributed by atoms with van der Waals surface area (Å²) in [5, 5.41) is 9.46. The van der Waals surface area contributed by atoms with Crippen LogP contribution in [-0.4, -0.2) is 41.2 Å². The van der Waals surface area contributed by atoms with Gasteiger partial charge in [-0.15, -0.1) is 11.6 Å². The first-order valence-corrected chi connectivity index (χ1v) is 12.3. The van der Waals surface area contributed by atoms with Crippen LogP contribution in [0, 0.1) is 34.0 Å². The molecule has 0 aliphatic heterocycles. The van der Waals surface area contributed by atoms with Gasteiger partial charge >= 0.3 is 11.9 Å². The summed E-state index contributed by atoms with van der Waals surface area (Å²) >= 11 is 7.02. The Kier molecular flexibility index (Phi) is 6.82. The first kappa shape index (κ1) is 24.8. The highest BCUT2D eigenvalue weighted by atomic mass is 35.5. The zero-order chi connectivity index (χ0) is 23.2. The summed E-state index contributed by atoms with van der Waals surface area (Å²) in [5.41, 5.74) is 0.289. The number of rotatable bonds is 5. The summed E-state index contributed by atoms with van der Waals surface area (Å²) in [6.07, 6.45) is 6.77. The Bertz CT molecular complexity index is 704. The molecule has 3 aliphatic carbocycles. The minimum atomic E-state index is -0.845. The van der Waals surface area contributed by atoms with E-state index in [1.807, 2.05) is 6.92 Å². The van der Waals surface area contributed by atoms with Gasteiger partial charge in [-0.25, -0.2) is 0 Å². The zero-order valence-electron chi connectivity index (χ0n) is 20.1. The maximum absolute atomic E-state index is 13.4. The molecule has 3 fully saturated rings. The van der Waals surface area contributed by atoms with Crippen LogP contribution in [0.25, 0.3) is 0 Å². The monoisotopic (exact) mass is 456 g/mol. The summed E-state index contributed by atoms with van der Waals surface area (Å²) in [6.45, 7) is 12.3. The van der Waals surface area contributed by atoms with Crippen LogP contribution in [0.4, 0.5) is 0 Å². The topological polar surface area (TPSA) is 72.8 Å². The highest BCUT2D eigenvalue weighted by molar-refractivity contribution is 6.25. The molecular formula is C25H41ClO5. The van der Waals surface area contributed by atoms with Gasteiger partial charge in [-0.05, 0) is 73.5 Å². The summed E-state index contributed by atoms with van der Waals surface area (Å²) in [4.78, 5) is 24.0. The van der Waals surface area contributed by atoms with Crippen molar-refractivity contribution in [2.75, 3.05) is 13.2 Å². The number of ether oxygens (including phenoxy) is 2. The molecule has 3 aliphatic rings. The molecule has 0 bridgehead atoms. The lowest BCUT2D eigenvalue weighted by Crippen LogP contribution is -2.63. The van der Waals surface area contributed by atoms with E-state index < -0.39 is 22.9 Å². The molecule has 3 saturated carbocycles. The van der Waals surface area contributed by atoms with Crippen LogP contribution >= 0.6 is 11.6 Å². The van der Waals surface area contributed by atoms with Gasteiger partial charge in [-0.3, -0.25) is 9.59 Å². The van der Waals surface area contributed by atoms with E-state index in [2.05, 4.69) is 27.7 Å². The number of carbonyl (C=O) groups excluding carboxylic acids is 2. The third kappa shape index (κ3) is 4.38. The van der Waals surface area contributed by atoms with Gasteiger partial charge < -0.3 is 14.6 Å². The van der Waals surface area contributed by atoms with E-state index in [4.69, 9.17) is 21.1 Å². The lowest BCUT2D eigenvalue weighted by Gasteiger charge is -2.66. The standard InChI is InChI=1S/C25H41ClO5/c1-16(28)31-17(14-27)15-30-21(29)20-24(5)12-8-18-22(2,3)10-7-11-23(18,4)19(24)9-13-25(20,6)26/h17-20,27H,7-15H2,1-6H3/t17-,18+,19+,20+,23+,24-,25-/m0/s1. The molecule has 0 aromatic heterocycles. The zero-order valence-corrected chi connectivity index (χ0v) is 20.9. The van der Waals surface area contributed by atoms with Crippen molar-refractivity contribution in [3.8, 4) is 0 Å². The Morgan fingerprint density at radius 1 is 1.00 bits per heavy atom. The van der Waals surface area contributed by atoms with Crippen molar-refractivity contribution < 1.29 is 24.2 Å². The molecule has 6 heteroatoms. The Hall–Kier alpha value is -0.810. The molecule has 0 spiro atoms. The maximum atomic E-state index is 13.4. The van der Waals surface area contributed by atoms with Gasteiger partial charge in [-0.1, -0.05) is 34.1 Å². The Morgan fingerprint density at radius 3 is 2.26 bits per heavy atom. The van der Waals surface area contributed by atoms with Crippen LogP contribution in [-0.2, 0) is 19.1 Å². The van der Waals surface area contributed by atoms with Gasteiger partial charge in [0.05, 0.1) is 17.4 Å². The molecule has 7 atom stereocenters. The fourth-order valence-corrected chi connectivity index (χ4v) is 8.53. The molecule has 31 heavy (non-hydrogen) atoms. The van der Waals surface area contributed by atoms with Crippen molar-refractivity contribution in [3.63, 3.8) is 0 Å². The molecule has 178 valence electrons. The molecule has 0 amide bonds. The third-order valence-electron chi connectivity index (χ3n) is 9.21. The second-order valence-corrected chi connectivity index (χ2v) is 12.7. The second kappa shape index (κ2) is 8.52. The van der Waals surface area contributed by atoms with Crippen LogP contribution in [0.3, 0.4) is 0 Å². The van der Waals surface area contributed by atoms with Gasteiger partial charge in [0.25, 0.3) is 0 Å². The van der Waals surface area contributed by atoms with Gasteiger partial charge in [-0.2, -0.15) is 0 Å². The smallest absolute Gasteiger partial charge is 0.311 e. The predicted molar refractivity (Wildman–Crippen MR) is 121 cm³/mol. The van der Waals surface area contributed by atoms with E-state index in [0.29, 0.717) is 17.3 Å². The molecule has 0 saturated heterocycles. The molecule has 0 aromatic rings. The fraction of sp³-hybridized carbons (Fsp3) is 0.920. The average molecular weight is 457 g/mol. The van der Waals surface area contributed by atoms with Crippen molar-refractivity contribution in [1.29, 1.82) is 0 Å². The third-order valence-corrected chi connectivity index (χ3v) is 9.61. The summed E-state index contributed by atoms with van der Waals surface area (Å²) < 4.78 is 10.7. The SMILES string of the molecule is CC(=O)O[C@@H](CO)COC(=O)[C@@H]1[C@@]2(C)CC[C@@H]3C(C)(C)CCC[C@@]3(C)[C@H]2CC[C@]1(C)Cl. The predicted octanol–water partition coefficient (Wildman–Crippen LogP) is 5.11. The van der Waals surface area contributed by atoms with Crippen molar-refractivity contribution >= 4 is 23.5 Å². The number of halogens is 1. The summed E-state index contributed by atoms with van der Waals surface area (Å²) in [5.74, 6) is -0.184. The minimum absolute atomic E-state index is 0.147. The Labute approximate surface area is 192 Å². The molecule has 0 radical (unpaired) electrons. The number of aliphatic hydroxyl groups excluding tert-OH is 1. The maximum Gasteiger partial charge on any atom is 0.311 e. The van der Waals surface area contributed by atoms with Crippen LogP contribution in [0.2, 0.25) is 0 Å². The van der Waals surface area contributed by atoms with Gasteiger partial charge in [0, 0.05) is 6.92 Å². The van der Waals surface area contributed by atoms with Crippen molar-refractivity contribution in [2.24, 2.45) is 34.0 Å². The van der Waals surface area contributed by atoms with Crippen molar-refractivity contribution in [1.82, 2.24) is 0 Å². The average Bonchev–Trinajstić information content (AvgIpc) is 2.62. The second-order valence-electron chi connectivity index (χ2n) is 11.8. The summed E-state index contributed by atoms with van der Waals surface area (Å²) in [7, 11) is 0. The van der Waals surface area contributed by atoms with Crippen LogP contribution < -0.4 is 0 Å². The number of hydrogen-bond acceptors (Lipinski definition) is 5. The number of aliphatic hydroxyl groups is 1. The summed E-state index contributed by atoms with van der Waals surface area (Å²) in [6, 6.07) is 0. The van der Waals surface area contributed by atoms with E-state index in [9.17, 15) is 14.7 Å². The molecule has 3 rings (SSSR count). The van der Waals surface area contributed by atoms with E-state index in [1.54, 1.807) is 0 Å². The number of alkyl halides is 1. The molecule has 0 unspecified atom stereocenters. The first-order chi connectivity index (χ1) is 14.3. The van der Waals surface area contributed by atoms with E-state index in [0.717, 1.165) is 25.7 Å². The van der Waals surface area contributed by atoms with Gasteiger partial charge in [0.15, 0.2) is 6.10 Å². The fourth-order valence-electron chi connectivity index (χ4n) is 8.08. The molecule has 0 heterocycles. The highest BCUT2D eigenvalue weighted by Crippen LogP contribution is 2.70. The van der Waals surface area contributed by atoms with Gasteiger partial charge in [0.1, 0.15) is 6.61 Å². The lowest BCUT2D eigenvalue weighted by atomic mass is 9.38. The number of carbonyl (C=O) groups is 2. The highest BCUT2D eigenvalue weighted by Gasteiger charge is 2.65. The molecular weight excluding hydrogens is 416 g/mol. The van der Waals surface area contributed by atoms with Crippen molar-refractivity contribution in [2.45, 2.75) is 97.5 Å². The normalized spacial score (nSPS) is 42.6.